The number of aromatic nitrogens is 2. The molecule has 0 spiro atoms. The summed E-state index contributed by atoms with van der Waals surface area (Å²) < 4.78 is 10.7. The largest absolute Gasteiger partial charge is 0.493 e. The van der Waals surface area contributed by atoms with Crippen LogP contribution in [-0.4, -0.2) is 54.3 Å². The van der Waals surface area contributed by atoms with Crippen molar-refractivity contribution in [2.45, 2.75) is 31.8 Å². The molecule has 1 aromatic carbocycles. The molecule has 26 heavy (non-hydrogen) atoms. The van der Waals surface area contributed by atoms with E-state index in [2.05, 4.69) is 27.1 Å². The number of methoxy groups -OCH3 is 2. The van der Waals surface area contributed by atoms with E-state index in [0.717, 1.165) is 17.0 Å². The Balaban J connectivity index is 1.50. The second-order valence-electron chi connectivity index (χ2n) is 7.15. The topological polar surface area (TPSA) is 59.5 Å². The molecule has 0 amide bonds. The fourth-order valence-corrected chi connectivity index (χ4v) is 4.26. The summed E-state index contributed by atoms with van der Waals surface area (Å²) in [4.78, 5) is 11.7. The van der Waals surface area contributed by atoms with Crippen LogP contribution in [0.1, 0.15) is 19.8 Å². The smallest absolute Gasteiger partial charge is 0.222 e. The van der Waals surface area contributed by atoms with Crippen LogP contribution in [0, 0.1) is 5.92 Å². The lowest BCUT2D eigenvalue weighted by Gasteiger charge is -2.49. The third-order valence-corrected chi connectivity index (χ3v) is 5.84. The monoisotopic (exact) mass is 354 g/mol. The fourth-order valence-electron chi connectivity index (χ4n) is 4.26. The Morgan fingerprint density at radius 3 is 2.31 bits per heavy atom. The number of rotatable bonds is 5. The maximum absolute atomic E-state index is 5.38. The van der Waals surface area contributed by atoms with Crippen LogP contribution < -0.4 is 14.8 Å². The molecule has 1 N–H and O–H groups in total. The first-order chi connectivity index (χ1) is 12.7. The van der Waals surface area contributed by atoms with Crippen LogP contribution in [-0.2, 0) is 0 Å². The summed E-state index contributed by atoms with van der Waals surface area (Å²) >= 11 is 0. The van der Waals surface area contributed by atoms with Gasteiger partial charge < -0.3 is 14.8 Å². The van der Waals surface area contributed by atoms with Gasteiger partial charge >= 0.3 is 0 Å². The molecule has 138 valence electrons. The highest BCUT2D eigenvalue weighted by molar-refractivity contribution is 5.66. The van der Waals surface area contributed by atoms with E-state index in [0.29, 0.717) is 29.5 Å². The zero-order valence-electron chi connectivity index (χ0n) is 15.6. The van der Waals surface area contributed by atoms with Gasteiger partial charge in [0.2, 0.25) is 5.95 Å². The molecule has 0 saturated carbocycles. The van der Waals surface area contributed by atoms with Crippen molar-refractivity contribution < 1.29 is 9.47 Å². The zero-order valence-corrected chi connectivity index (χ0v) is 15.6. The van der Waals surface area contributed by atoms with E-state index in [1.54, 1.807) is 14.2 Å². The van der Waals surface area contributed by atoms with Gasteiger partial charge in [0.05, 0.1) is 14.2 Å². The number of benzene rings is 1. The Hall–Kier alpha value is -2.34. The third-order valence-electron chi connectivity index (χ3n) is 5.84. The first-order valence-corrected chi connectivity index (χ1v) is 9.24. The minimum atomic E-state index is 0.435. The van der Waals surface area contributed by atoms with Crippen LogP contribution in [0.4, 0.5) is 5.95 Å². The molecule has 3 aliphatic heterocycles. The van der Waals surface area contributed by atoms with Gasteiger partial charge in [0.15, 0.2) is 11.5 Å². The summed E-state index contributed by atoms with van der Waals surface area (Å²) in [5.74, 6) is 2.85. The molecule has 0 radical (unpaired) electrons. The van der Waals surface area contributed by atoms with Crippen LogP contribution in [0.15, 0.2) is 30.6 Å². The normalized spacial score (nSPS) is 27.2. The second-order valence-corrected chi connectivity index (χ2v) is 7.15. The van der Waals surface area contributed by atoms with Gasteiger partial charge in [-0.15, -0.1) is 0 Å². The first-order valence-electron chi connectivity index (χ1n) is 9.24. The van der Waals surface area contributed by atoms with Crippen LogP contribution in [0.25, 0.3) is 11.1 Å². The van der Waals surface area contributed by atoms with Crippen molar-refractivity contribution in [2.24, 2.45) is 5.92 Å². The lowest BCUT2D eigenvalue weighted by Crippen LogP contribution is -2.59. The molecule has 0 aliphatic carbocycles. The van der Waals surface area contributed by atoms with Crippen molar-refractivity contribution in [1.29, 1.82) is 0 Å². The van der Waals surface area contributed by atoms with Gasteiger partial charge in [0.1, 0.15) is 0 Å². The van der Waals surface area contributed by atoms with Crippen molar-refractivity contribution in [3.8, 4) is 22.6 Å². The first kappa shape index (κ1) is 17.1. The van der Waals surface area contributed by atoms with Gasteiger partial charge in [-0.2, -0.15) is 0 Å². The number of anilines is 1. The maximum Gasteiger partial charge on any atom is 0.222 e. The summed E-state index contributed by atoms with van der Waals surface area (Å²) in [5, 5.41) is 3.57. The zero-order chi connectivity index (χ0) is 18.1. The van der Waals surface area contributed by atoms with Gasteiger partial charge in [-0.25, -0.2) is 9.97 Å². The summed E-state index contributed by atoms with van der Waals surface area (Å²) in [7, 11) is 3.27. The number of nitrogens with zero attached hydrogens (tertiary/aromatic N) is 3. The van der Waals surface area contributed by atoms with Crippen LogP contribution in [0.5, 0.6) is 11.5 Å². The molecule has 2 bridgehead atoms. The molecule has 4 heterocycles. The molecular weight excluding hydrogens is 328 g/mol. The summed E-state index contributed by atoms with van der Waals surface area (Å²) in [6.45, 7) is 4.76. The average molecular weight is 354 g/mol. The lowest BCUT2D eigenvalue weighted by atomic mass is 9.79. The number of hydrogen-bond donors (Lipinski definition) is 1. The van der Waals surface area contributed by atoms with Gasteiger partial charge in [0, 0.05) is 30.0 Å². The van der Waals surface area contributed by atoms with Crippen LogP contribution in [0.3, 0.4) is 0 Å². The lowest BCUT2D eigenvalue weighted by molar-refractivity contribution is 0.0455. The third kappa shape index (κ3) is 3.09. The molecule has 3 saturated heterocycles. The van der Waals surface area contributed by atoms with Crippen molar-refractivity contribution in [3.63, 3.8) is 0 Å². The summed E-state index contributed by atoms with van der Waals surface area (Å²) in [5.41, 5.74) is 1.96. The van der Waals surface area contributed by atoms with Crippen molar-refractivity contribution >= 4 is 5.95 Å². The van der Waals surface area contributed by atoms with Gasteiger partial charge in [-0.3, -0.25) is 4.90 Å². The molecule has 2 atom stereocenters. The van der Waals surface area contributed by atoms with Crippen molar-refractivity contribution in [2.75, 3.05) is 32.6 Å². The van der Waals surface area contributed by atoms with Gasteiger partial charge in [-0.1, -0.05) is 6.07 Å². The molecule has 5 rings (SSSR count). The predicted octanol–water partition coefficient (Wildman–Crippen LogP) is 3.06. The van der Waals surface area contributed by atoms with Gasteiger partial charge in [-0.05, 0) is 56.5 Å². The number of ether oxygens (including phenoxy) is 2. The van der Waals surface area contributed by atoms with E-state index in [-0.39, 0.29) is 0 Å². The molecule has 0 unspecified atom stereocenters. The fraction of sp³-hybridized carbons (Fsp3) is 0.500. The minimum Gasteiger partial charge on any atom is -0.493 e. The maximum atomic E-state index is 5.38. The van der Waals surface area contributed by atoms with E-state index in [1.165, 1.54) is 25.9 Å². The molecule has 2 aromatic rings. The quantitative estimate of drug-likeness (QED) is 0.891. The minimum absolute atomic E-state index is 0.435. The van der Waals surface area contributed by atoms with Crippen LogP contribution in [0.2, 0.25) is 0 Å². The second kappa shape index (κ2) is 7.11. The Labute approximate surface area is 154 Å². The van der Waals surface area contributed by atoms with E-state index < -0.39 is 0 Å². The molecule has 3 fully saturated rings. The Morgan fingerprint density at radius 2 is 1.69 bits per heavy atom. The summed E-state index contributed by atoms with van der Waals surface area (Å²) in [6, 6.07) is 6.80. The predicted molar refractivity (Wildman–Crippen MR) is 102 cm³/mol. The SMILES string of the molecule is COc1ccc(-c2cnc(N[C@@H]3C4CCN(CC4)[C@@H]3C)nc2)cc1OC. The molecule has 6 heteroatoms. The van der Waals surface area contributed by atoms with Crippen molar-refractivity contribution in [3.05, 3.63) is 30.6 Å². The number of hydrogen-bond acceptors (Lipinski definition) is 6. The molecule has 1 aromatic heterocycles. The Kier molecular flexibility index (Phi) is 4.68. The standard InChI is InChI=1S/C20H26N4O2/c1-13-19(14-6-8-24(13)9-7-14)23-20-21-11-16(12-22-20)15-4-5-17(25-2)18(10-15)26-3/h4-5,10-14,19H,6-9H2,1-3H3,(H,21,22,23)/t13-,19+/m1/s1. The van der Waals surface area contributed by atoms with Gasteiger partial charge in [0.25, 0.3) is 0 Å². The van der Waals surface area contributed by atoms with Crippen molar-refractivity contribution in [1.82, 2.24) is 14.9 Å². The molecule has 6 nitrogen and oxygen atoms in total. The highest BCUT2D eigenvalue weighted by Crippen LogP contribution is 2.34. The van der Waals surface area contributed by atoms with E-state index in [9.17, 15) is 0 Å². The Morgan fingerprint density at radius 1 is 1.00 bits per heavy atom. The number of piperidine rings is 3. The highest BCUT2D eigenvalue weighted by atomic mass is 16.5. The van der Waals surface area contributed by atoms with E-state index in [1.807, 2.05) is 30.6 Å². The van der Waals surface area contributed by atoms with E-state index >= 15 is 0 Å². The molecule has 3 aliphatic rings. The average Bonchev–Trinajstić information content (AvgIpc) is 2.71. The van der Waals surface area contributed by atoms with E-state index in [4.69, 9.17) is 9.47 Å². The summed E-state index contributed by atoms with van der Waals surface area (Å²) in [6.07, 6.45) is 6.27. The number of nitrogens with one attached hydrogen (secondary N) is 1. The highest BCUT2D eigenvalue weighted by Gasteiger charge is 2.39. The van der Waals surface area contributed by atoms with Crippen LogP contribution >= 0.6 is 0 Å². The Bertz CT molecular complexity index is 755. The number of fused-ring (bicyclic) bond motifs is 3. The molecular formula is C20H26N4O2.